The molecule has 0 spiro atoms. The van der Waals surface area contributed by atoms with E-state index in [-0.39, 0.29) is 5.91 Å². The Morgan fingerprint density at radius 2 is 1.88 bits per heavy atom. The second-order valence-electron chi connectivity index (χ2n) is 4.91. The molecule has 0 aliphatic carbocycles. The van der Waals surface area contributed by atoms with Crippen molar-refractivity contribution in [3.8, 4) is 0 Å². The van der Waals surface area contributed by atoms with Crippen molar-refractivity contribution in [1.29, 1.82) is 0 Å². The van der Waals surface area contributed by atoms with E-state index in [1.807, 2.05) is 29.2 Å². The highest BCUT2D eigenvalue weighted by atomic mass is 32.1. The Labute approximate surface area is 108 Å². The Balaban J connectivity index is 1.90. The standard InChI is InChI=1S/C14H19NOS/c1-11-6-8-15(9-7-11)14(16)10-12-2-4-13(17)5-3-12/h2-5,11,17H,6-10H2,1H3. The molecule has 0 bridgehead atoms. The molecule has 0 aromatic heterocycles. The monoisotopic (exact) mass is 249 g/mol. The molecule has 0 N–H and O–H groups in total. The molecule has 17 heavy (non-hydrogen) atoms. The van der Waals surface area contributed by atoms with Crippen molar-refractivity contribution in [2.24, 2.45) is 5.92 Å². The van der Waals surface area contributed by atoms with Crippen LogP contribution < -0.4 is 0 Å². The van der Waals surface area contributed by atoms with Gasteiger partial charge in [-0.1, -0.05) is 19.1 Å². The molecule has 0 radical (unpaired) electrons. The normalized spacial score (nSPS) is 17.2. The van der Waals surface area contributed by atoms with Gasteiger partial charge in [0.15, 0.2) is 0 Å². The number of rotatable bonds is 2. The molecule has 0 unspecified atom stereocenters. The summed E-state index contributed by atoms with van der Waals surface area (Å²) in [5.41, 5.74) is 1.08. The third kappa shape index (κ3) is 3.50. The lowest BCUT2D eigenvalue weighted by Crippen LogP contribution is -2.38. The number of nitrogens with zero attached hydrogens (tertiary/aromatic N) is 1. The average Bonchev–Trinajstić information content (AvgIpc) is 2.33. The molecule has 2 nitrogen and oxygen atoms in total. The summed E-state index contributed by atoms with van der Waals surface area (Å²) in [7, 11) is 0. The molecule has 1 saturated heterocycles. The van der Waals surface area contributed by atoms with Gasteiger partial charge in [-0.3, -0.25) is 4.79 Å². The number of hydrogen-bond acceptors (Lipinski definition) is 2. The number of likely N-dealkylation sites (tertiary alicyclic amines) is 1. The number of thiol groups is 1. The highest BCUT2D eigenvalue weighted by molar-refractivity contribution is 7.80. The molecule has 1 aliphatic rings. The van der Waals surface area contributed by atoms with E-state index in [9.17, 15) is 4.79 Å². The fraction of sp³-hybridized carbons (Fsp3) is 0.500. The van der Waals surface area contributed by atoms with Crippen LogP contribution in [0, 0.1) is 5.92 Å². The van der Waals surface area contributed by atoms with Gasteiger partial charge in [-0.25, -0.2) is 0 Å². The van der Waals surface area contributed by atoms with Crippen molar-refractivity contribution in [3.63, 3.8) is 0 Å². The van der Waals surface area contributed by atoms with Crippen molar-refractivity contribution >= 4 is 18.5 Å². The highest BCUT2D eigenvalue weighted by Crippen LogP contribution is 2.17. The Hall–Kier alpha value is -0.960. The zero-order chi connectivity index (χ0) is 12.3. The Morgan fingerprint density at radius 3 is 2.47 bits per heavy atom. The van der Waals surface area contributed by atoms with Crippen molar-refractivity contribution in [1.82, 2.24) is 4.90 Å². The van der Waals surface area contributed by atoms with E-state index >= 15 is 0 Å². The van der Waals surface area contributed by atoms with Crippen molar-refractivity contribution < 1.29 is 4.79 Å². The zero-order valence-electron chi connectivity index (χ0n) is 10.2. The number of hydrogen-bond donors (Lipinski definition) is 1. The summed E-state index contributed by atoms with van der Waals surface area (Å²) < 4.78 is 0. The van der Waals surface area contributed by atoms with E-state index in [1.54, 1.807) is 0 Å². The first kappa shape index (κ1) is 12.5. The van der Waals surface area contributed by atoms with Crippen LogP contribution in [0.3, 0.4) is 0 Å². The maximum Gasteiger partial charge on any atom is 0.226 e. The third-order valence-corrected chi connectivity index (χ3v) is 3.73. The molecular weight excluding hydrogens is 230 g/mol. The van der Waals surface area contributed by atoms with E-state index in [0.29, 0.717) is 6.42 Å². The molecule has 0 atom stereocenters. The molecular formula is C14H19NOS. The summed E-state index contributed by atoms with van der Waals surface area (Å²) in [6, 6.07) is 7.83. The van der Waals surface area contributed by atoms with Gasteiger partial charge in [-0.2, -0.15) is 0 Å². The SMILES string of the molecule is CC1CCN(C(=O)Cc2ccc(S)cc2)CC1. The van der Waals surface area contributed by atoms with E-state index in [1.165, 1.54) is 0 Å². The number of benzene rings is 1. The highest BCUT2D eigenvalue weighted by Gasteiger charge is 2.19. The molecule has 0 saturated carbocycles. The van der Waals surface area contributed by atoms with Crippen LogP contribution in [-0.4, -0.2) is 23.9 Å². The topological polar surface area (TPSA) is 20.3 Å². The van der Waals surface area contributed by atoms with Crippen molar-refractivity contribution in [3.05, 3.63) is 29.8 Å². The minimum absolute atomic E-state index is 0.254. The lowest BCUT2D eigenvalue weighted by Gasteiger charge is -2.30. The summed E-state index contributed by atoms with van der Waals surface area (Å²) in [6.45, 7) is 4.10. The minimum Gasteiger partial charge on any atom is -0.342 e. The van der Waals surface area contributed by atoms with Crippen molar-refractivity contribution in [2.45, 2.75) is 31.1 Å². The smallest absolute Gasteiger partial charge is 0.226 e. The minimum atomic E-state index is 0.254. The van der Waals surface area contributed by atoms with Crippen LogP contribution in [0.1, 0.15) is 25.3 Å². The van der Waals surface area contributed by atoms with Gasteiger partial charge < -0.3 is 4.90 Å². The second-order valence-corrected chi connectivity index (χ2v) is 5.42. The summed E-state index contributed by atoms with van der Waals surface area (Å²) in [5, 5.41) is 0. The number of piperidine rings is 1. The fourth-order valence-corrected chi connectivity index (χ4v) is 2.31. The molecule has 1 heterocycles. The summed E-state index contributed by atoms with van der Waals surface area (Å²) in [5.74, 6) is 1.02. The summed E-state index contributed by atoms with van der Waals surface area (Å²) in [6.07, 6.45) is 2.80. The zero-order valence-corrected chi connectivity index (χ0v) is 11.1. The molecule has 1 aromatic rings. The Bertz CT molecular complexity index is 380. The number of carbonyl (C=O) groups excluding carboxylic acids is 1. The van der Waals surface area contributed by atoms with Crippen LogP contribution in [0.25, 0.3) is 0 Å². The quantitative estimate of drug-likeness (QED) is 0.799. The molecule has 1 amide bonds. The van der Waals surface area contributed by atoms with Gasteiger partial charge in [-0.15, -0.1) is 12.6 Å². The maximum atomic E-state index is 12.1. The molecule has 1 aliphatic heterocycles. The predicted octanol–water partition coefficient (Wildman–Crippen LogP) is 2.78. The number of carbonyl (C=O) groups is 1. The summed E-state index contributed by atoms with van der Waals surface area (Å²) >= 11 is 4.24. The fourth-order valence-electron chi connectivity index (χ4n) is 2.16. The molecule has 3 heteroatoms. The van der Waals surface area contributed by atoms with Gasteiger partial charge in [0.1, 0.15) is 0 Å². The first-order valence-electron chi connectivity index (χ1n) is 6.21. The van der Waals surface area contributed by atoms with Crippen LogP contribution in [0.4, 0.5) is 0 Å². The molecule has 2 rings (SSSR count). The second kappa shape index (κ2) is 5.58. The Kier molecular flexibility index (Phi) is 4.11. The van der Waals surface area contributed by atoms with Crippen LogP contribution in [0.2, 0.25) is 0 Å². The molecule has 92 valence electrons. The first-order chi connectivity index (χ1) is 8.15. The Morgan fingerprint density at radius 1 is 1.29 bits per heavy atom. The van der Waals surface area contributed by atoms with E-state index in [0.717, 1.165) is 42.3 Å². The predicted molar refractivity (Wildman–Crippen MR) is 72.4 cm³/mol. The van der Waals surface area contributed by atoms with Crippen LogP contribution >= 0.6 is 12.6 Å². The maximum absolute atomic E-state index is 12.1. The van der Waals surface area contributed by atoms with Gasteiger partial charge in [0.05, 0.1) is 6.42 Å². The van der Waals surface area contributed by atoms with Gasteiger partial charge in [-0.05, 0) is 36.5 Å². The van der Waals surface area contributed by atoms with Gasteiger partial charge in [0.25, 0.3) is 0 Å². The van der Waals surface area contributed by atoms with Crippen LogP contribution in [0.5, 0.6) is 0 Å². The van der Waals surface area contributed by atoms with E-state index in [4.69, 9.17) is 0 Å². The molecule has 1 fully saturated rings. The van der Waals surface area contributed by atoms with Crippen molar-refractivity contribution in [2.75, 3.05) is 13.1 Å². The average molecular weight is 249 g/mol. The van der Waals surface area contributed by atoms with Crippen LogP contribution in [0.15, 0.2) is 29.2 Å². The van der Waals surface area contributed by atoms with Crippen LogP contribution in [-0.2, 0) is 11.2 Å². The lowest BCUT2D eigenvalue weighted by atomic mass is 9.98. The number of amides is 1. The van der Waals surface area contributed by atoms with E-state index < -0.39 is 0 Å². The summed E-state index contributed by atoms with van der Waals surface area (Å²) in [4.78, 5) is 15.0. The lowest BCUT2D eigenvalue weighted by molar-refractivity contribution is -0.131. The van der Waals surface area contributed by atoms with Gasteiger partial charge in [0.2, 0.25) is 5.91 Å². The third-order valence-electron chi connectivity index (χ3n) is 3.43. The van der Waals surface area contributed by atoms with Gasteiger partial charge >= 0.3 is 0 Å². The van der Waals surface area contributed by atoms with E-state index in [2.05, 4.69) is 19.6 Å². The molecule has 1 aromatic carbocycles. The van der Waals surface area contributed by atoms with Gasteiger partial charge in [0, 0.05) is 18.0 Å². The first-order valence-corrected chi connectivity index (χ1v) is 6.65. The largest absolute Gasteiger partial charge is 0.342 e.